The third-order valence-electron chi connectivity index (χ3n) is 4.09. The van der Waals surface area contributed by atoms with E-state index in [-0.39, 0.29) is 11.4 Å². The van der Waals surface area contributed by atoms with Gasteiger partial charge < -0.3 is 15.2 Å². The fourth-order valence-corrected chi connectivity index (χ4v) is 3.05. The van der Waals surface area contributed by atoms with E-state index in [4.69, 9.17) is 16.1 Å². The van der Waals surface area contributed by atoms with Gasteiger partial charge in [0.1, 0.15) is 17.0 Å². The van der Waals surface area contributed by atoms with E-state index in [9.17, 15) is 9.59 Å². The van der Waals surface area contributed by atoms with Gasteiger partial charge in [0.15, 0.2) is 0 Å². The summed E-state index contributed by atoms with van der Waals surface area (Å²) in [6.45, 7) is 7.37. The SMILES string of the molecule is Cc1onc(-c2ccccc2Cl)c1C(=O)Nc1cccc(C(=O)NC(C)(C)C)c1. The first-order valence-electron chi connectivity index (χ1n) is 9.11. The van der Waals surface area contributed by atoms with Gasteiger partial charge in [0, 0.05) is 22.4 Å². The van der Waals surface area contributed by atoms with E-state index in [1.807, 2.05) is 26.8 Å². The molecule has 2 amide bonds. The number of nitrogens with one attached hydrogen (secondary N) is 2. The number of benzene rings is 2. The summed E-state index contributed by atoms with van der Waals surface area (Å²) in [5, 5.41) is 10.2. The molecule has 2 aromatic carbocycles. The van der Waals surface area contributed by atoms with Crippen LogP contribution in [0.3, 0.4) is 0 Å². The largest absolute Gasteiger partial charge is 0.360 e. The maximum absolute atomic E-state index is 13.0. The van der Waals surface area contributed by atoms with Gasteiger partial charge in [0.2, 0.25) is 0 Å². The van der Waals surface area contributed by atoms with Crippen molar-refractivity contribution in [3.8, 4) is 11.3 Å². The van der Waals surface area contributed by atoms with Crippen molar-refractivity contribution in [2.75, 3.05) is 5.32 Å². The Balaban J connectivity index is 1.87. The van der Waals surface area contributed by atoms with Crippen molar-refractivity contribution in [1.82, 2.24) is 10.5 Å². The molecule has 3 aromatic rings. The minimum absolute atomic E-state index is 0.216. The lowest BCUT2D eigenvalue weighted by Crippen LogP contribution is -2.40. The lowest BCUT2D eigenvalue weighted by atomic mass is 10.1. The normalized spacial score (nSPS) is 11.2. The van der Waals surface area contributed by atoms with Gasteiger partial charge >= 0.3 is 0 Å². The summed E-state index contributed by atoms with van der Waals surface area (Å²) in [5.74, 6) is -0.238. The topological polar surface area (TPSA) is 84.2 Å². The standard InChI is InChI=1S/C22H22ClN3O3/c1-13-18(19(26-29-13)16-10-5-6-11-17(16)23)21(28)24-15-9-7-8-14(12-15)20(27)25-22(2,3)4/h5-12H,1-4H3,(H,24,28)(H,25,27). The van der Waals surface area contributed by atoms with Crippen molar-refractivity contribution >= 4 is 29.1 Å². The Morgan fingerprint density at radius 2 is 1.76 bits per heavy atom. The van der Waals surface area contributed by atoms with Gasteiger partial charge in [-0.25, -0.2) is 0 Å². The van der Waals surface area contributed by atoms with Crippen LogP contribution in [0.4, 0.5) is 5.69 Å². The Bertz CT molecular complexity index is 1070. The highest BCUT2D eigenvalue weighted by Crippen LogP contribution is 2.31. The highest BCUT2D eigenvalue weighted by Gasteiger charge is 2.23. The van der Waals surface area contributed by atoms with E-state index in [1.165, 1.54) is 0 Å². The highest BCUT2D eigenvalue weighted by atomic mass is 35.5. The zero-order valence-corrected chi connectivity index (χ0v) is 17.4. The molecule has 0 saturated carbocycles. The van der Waals surface area contributed by atoms with Crippen LogP contribution in [0.15, 0.2) is 53.1 Å². The fraction of sp³-hybridized carbons (Fsp3) is 0.227. The summed E-state index contributed by atoms with van der Waals surface area (Å²) >= 11 is 6.26. The summed E-state index contributed by atoms with van der Waals surface area (Å²) in [5.41, 5.74) is 1.84. The summed E-state index contributed by atoms with van der Waals surface area (Å²) in [6, 6.07) is 13.8. The quantitative estimate of drug-likeness (QED) is 0.626. The van der Waals surface area contributed by atoms with Gasteiger partial charge in [-0.05, 0) is 52.0 Å². The lowest BCUT2D eigenvalue weighted by Gasteiger charge is -2.20. The first-order valence-corrected chi connectivity index (χ1v) is 9.48. The summed E-state index contributed by atoms with van der Waals surface area (Å²) in [7, 11) is 0. The number of anilines is 1. The molecule has 0 spiro atoms. The van der Waals surface area contributed by atoms with Crippen LogP contribution in [0.5, 0.6) is 0 Å². The van der Waals surface area contributed by atoms with Crippen LogP contribution in [-0.2, 0) is 0 Å². The van der Waals surface area contributed by atoms with Crippen molar-refractivity contribution in [3.63, 3.8) is 0 Å². The van der Waals surface area contributed by atoms with Gasteiger partial charge in [0.25, 0.3) is 11.8 Å². The average Bonchev–Trinajstić information content (AvgIpc) is 3.02. The van der Waals surface area contributed by atoms with Crippen molar-refractivity contribution in [3.05, 3.63) is 70.4 Å². The van der Waals surface area contributed by atoms with Crippen LogP contribution in [-0.4, -0.2) is 22.5 Å². The molecule has 0 fully saturated rings. The van der Waals surface area contributed by atoms with Crippen molar-refractivity contribution in [1.29, 1.82) is 0 Å². The van der Waals surface area contributed by atoms with Crippen LogP contribution in [0.1, 0.15) is 47.2 Å². The maximum atomic E-state index is 13.0. The minimum atomic E-state index is -0.396. The Kier molecular flexibility index (Phi) is 5.75. The Labute approximate surface area is 174 Å². The zero-order chi connectivity index (χ0) is 21.2. The Morgan fingerprint density at radius 3 is 2.45 bits per heavy atom. The monoisotopic (exact) mass is 411 g/mol. The average molecular weight is 412 g/mol. The molecule has 2 N–H and O–H groups in total. The molecule has 0 atom stereocenters. The molecule has 6 nitrogen and oxygen atoms in total. The van der Waals surface area contributed by atoms with E-state index in [0.29, 0.717) is 38.9 Å². The molecule has 3 rings (SSSR count). The maximum Gasteiger partial charge on any atom is 0.261 e. The third-order valence-corrected chi connectivity index (χ3v) is 4.42. The van der Waals surface area contributed by atoms with Crippen LogP contribution in [0.25, 0.3) is 11.3 Å². The molecule has 0 radical (unpaired) electrons. The number of hydrogen-bond donors (Lipinski definition) is 2. The van der Waals surface area contributed by atoms with Gasteiger partial charge in [-0.15, -0.1) is 0 Å². The molecule has 1 aromatic heterocycles. The summed E-state index contributed by atoms with van der Waals surface area (Å²) < 4.78 is 5.25. The summed E-state index contributed by atoms with van der Waals surface area (Å²) in [6.07, 6.45) is 0. The molecular formula is C22H22ClN3O3. The molecule has 7 heteroatoms. The highest BCUT2D eigenvalue weighted by molar-refractivity contribution is 6.33. The summed E-state index contributed by atoms with van der Waals surface area (Å²) in [4.78, 5) is 25.4. The first kappa shape index (κ1) is 20.6. The molecule has 0 unspecified atom stereocenters. The molecular weight excluding hydrogens is 390 g/mol. The lowest BCUT2D eigenvalue weighted by molar-refractivity contribution is 0.0918. The molecule has 1 heterocycles. The predicted molar refractivity (Wildman–Crippen MR) is 113 cm³/mol. The number of amides is 2. The number of carbonyl (C=O) groups excluding carboxylic acids is 2. The molecule has 0 aliphatic heterocycles. The number of aromatic nitrogens is 1. The molecule has 0 bridgehead atoms. The third kappa shape index (κ3) is 4.84. The smallest absolute Gasteiger partial charge is 0.261 e. The second kappa shape index (κ2) is 8.09. The van der Waals surface area contributed by atoms with Crippen LogP contribution >= 0.6 is 11.6 Å². The van der Waals surface area contributed by atoms with Gasteiger partial charge in [-0.1, -0.05) is 41.0 Å². The number of hydrogen-bond acceptors (Lipinski definition) is 4. The molecule has 0 saturated heterocycles. The fourth-order valence-electron chi connectivity index (χ4n) is 2.82. The van der Waals surface area contributed by atoms with Crippen LogP contribution < -0.4 is 10.6 Å². The number of nitrogens with zero attached hydrogens (tertiary/aromatic N) is 1. The number of rotatable bonds is 4. The molecule has 150 valence electrons. The minimum Gasteiger partial charge on any atom is -0.360 e. The first-order chi connectivity index (χ1) is 13.7. The van der Waals surface area contributed by atoms with Crippen molar-refractivity contribution in [2.24, 2.45) is 0 Å². The van der Waals surface area contributed by atoms with E-state index < -0.39 is 5.91 Å². The molecule has 29 heavy (non-hydrogen) atoms. The van der Waals surface area contributed by atoms with Gasteiger partial charge in [-0.2, -0.15) is 0 Å². The van der Waals surface area contributed by atoms with E-state index in [2.05, 4.69) is 15.8 Å². The number of carbonyl (C=O) groups is 2. The number of aryl methyl sites for hydroxylation is 1. The number of halogens is 1. The second-order valence-electron chi connectivity index (χ2n) is 7.68. The van der Waals surface area contributed by atoms with E-state index >= 15 is 0 Å². The second-order valence-corrected chi connectivity index (χ2v) is 8.09. The van der Waals surface area contributed by atoms with Crippen molar-refractivity contribution in [2.45, 2.75) is 33.2 Å². The van der Waals surface area contributed by atoms with Gasteiger partial charge in [-0.3, -0.25) is 9.59 Å². The van der Waals surface area contributed by atoms with Gasteiger partial charge in [0.05, 0.1) is 5.02 Å². The predicted octanol–water partition coefficient (Wildman–Crippen LogP) is 5.08. The van der Waals surface area contributed by atoms with E-state index in [0.717, 1.165) is 0 Å². The zero-order valence-electron chi connectivity index (χ0n) is 16.7. The molecule has 0 aliphatic carbocycles. The van der Waals surface area contributed by atoms with Crippen LogP contribution in [0.2, 0.25) is 5.02 Å². The Morgan fingerprint density at radius 1 is 1.03 bits per heavy atom. The molecule has 0 aliphatic rings. The van der Waals surface area contributed by atoms with E-state index in [1.54, 1.807) is 49.4 Å². The van der Waals surface area contributed by atoms with Crippen LogP contribution in [0, 0.1) is 6.92 Å². The Hall–Kier alpha value is -3.12. The van der Waals surface area contributed by atoms with Crippen molar-refractivity contribution < 1.29 is 14.1 Å².